The number of hydrogen-bond acceptors (Lipinski definition) is 6. The van der Waals surface area contributed by atoms with Gasteiger partial charge in [0, 0.05) is 23.8 Å². The summed E-state index contributed by atoms with van der Waals surface area (Å²) in [6.07, 6.45) is 6.64. The van der Waals surface area contributed by atoms with Crippen molar-refractivity contribution in [2.24, 2.45) is 0 Å². The summed E-state index contributed by atoms with van der Waals surface area (Å²) in [6, 6.07) is 18.4. The average Bonchev–Trinajstić information content (AvgIpc) is 3.25. The molecule has 0 bridgehead atoms. The second kappa shape index (κ2) is 8.96. The zero-order valence-electron chi connectivity index (χ0n) is 18.1. The molecule has 1 saturated carbocycles. The predicted molar refractivity (Wildman–Crippen MR) is 128 cm³/mol. The minimum atomic E-state index is -3.52. The molecule has 1 aliphatic rings. The molecule has 0 amide bonds. The van der Waals surface area contributed by atoms with Gasteiger partial charge in [-0.05, 0) is 55.5 Å². The molecule has 170 valence electrons. The molecule has 33 heavy (non-hydrogen) atoms. The van der Waals surface area contributed by atoms with Gasteiger partial charge in [-0.2, -0.15) is 4.98 Å². The fraction of sp³-hybridized carbons (Fsp3) is 0.280. The van der Waals surface area contributed by atoms with E-state index >= 15 is 0 Å². The maximum Gasteiger partial charge on any atom is 0.224 e. The van der Waals surface area contributed by atoms with Gasteiger partial charge in [0.15, 0.2) is 9.84 Å². The highest BCUT2D eigenvalue weighted by Gasteiger charge is 2.21. The smallest absolute Gasteiger partial charge is 0.224 e. The lowest BCUT2D eigenvalue weighted by atomic mass is 9.93. The molecule has 0 radical (unpaired) electrons. The third-order valence-electron chi connectivity index (χ3n) is 6.15. The molecule has 4 aromatic rings. The molecule has 2 heterocycles. The third kappa shape index (κ3) is 4.62. The molecule has 2 N–H and O–H groups in total. The van der Waals surface area contributed by atoms with E-state index in [1.54, 1.807) is 24.4 Å². The number of aromatic nitrogens is 3. The Morgan fingerprint density at radius 3 is 2.55 bits per heavy atom. The van der Waals surface area contributed by atoms with Crippen LogP contribution in [-0.2, 0) is 15.6 Å². The van der Waals surface area contributed by atoms with E-state index < -0.39 is 9.84 Å². The van der Waals surface area contributed by atoms with Gasteiger partial charge in [0.2, 0.25) is 5.95 Å². The largest absolute Gasteiger partial charge is 0.393 e. The summed E-state index contributed by atoms with van der Waals surface area (Å²) in [5, 5.41) is 13.8. The van der Waals surface area contributed by atoms with Gasteiger partial charge >= 0.3 is 0 Å². The number of fused-ring (bicyclic) bond motifs is 1. The van der Waals surface area contributed by atoms with Crippen LogP contribution in [0.25, 0.3) is 16.7 Å². The number of hydrogen-bond donors (Lipinski definition) is 2. The lowest BCUT2D eigenvalue weighted by Gasteiger charge is -2.26. The SMILES string of the molecule is O=S(=O)(Cc1ccccc1)c1cccc2c1ccn2-c1ccnc(NC2CCC(O)CC2)n1. The molecule has 5 rings (SSSR count). The van der Waals surface area contributed by atoms with Crippen molar-refractivity contribution in [1.29, 1.82) is 0 Å². The average molecular weight is 463 g/mol. The molecule has 1 aliphatic carbocycles. The Kier molecular flexibility index (Phi) is 5.86. The fourth-order valence-corrected chi connectivity index (χ4v) is 6.02. The summed E-state index contributed by atoms with van der Waals surface area (Å²) < 4.78 is 28.3. The van der Waals surface area contributed by atoms with Crippen molar-refractivity contribution < 1.29 is 13.5 Å². The van der Waals surface area contributed by atoms with Crippen LogP contribution in [0.4, 0.5) is 5.95 Å². The molecule has 7 nitrogen and oxygen atoms in total. The first-order valence-corrected chi connectivity index (χ1v) is 12.8. The normalized spacial score (nSPS) is 18.9. The van der Waals surface area contributed by atoms with Crippen LogP contribution in [-0.4, -0.2) is 40.2 Å². The Hall–Kier alpha value is -3.23. The van der Waals surface area contributed by atoms with Gasteiger partial charge in [0.25, 0.3) is 0 Å². The van der Waals surface area contributed by atoms with Crippen molar-refractivity contribution in [3.8, 4) is 5.82 Å². The van der Waals surface area contributed by atoms with Gasteiger partial charge < -0.3 is 15.0 Å². The van der Waals surface area contributed by atoms with Crippen LogP contribution in [0.1, 0.15) is 31.2 Å². The van der Waals surface area contributed by atoms with E-state index in [4.69, 9.17) is 0 Å². The summed E-state index contributed by atoms with van der Waals surface area (Å²) in [5.41, 5.74) is 1.53. The van der Waals surface area contributed by atoms with Crippen molar-refractivity contribution >= 4 is 26.7 Å². The highest BCUT2D eigenvalue weighted by molar-refractivity contribution is 7.90. The number of rotatable bonds is 6. The zero-order chi connectivity index (χ0) is 22.8. The first kappa shape index (κ1) is 21.6. The van der Waals surface area contributed by atoms with E-state index in [1.807, 2.05) is 53.2 Å². The van der Waals surface area contributed by atoms with Crippen LogP contribution in [0.3, 0.4) is 0 Å². The lowest BCUT2D eigenvalue weighted by molar-refractivity contribution is 0.126. The van der Waals surface area contributed by atoms with E-state index in [2.05, 4.69) is 15.3 Å². The van der Waals surface area contributed by atoms with Crippen molar-refractivity contribution in [1.82, 2.24) is 14.5 Å². The molecule has 0 saturated heterocycles. The molecule has 0 spiro atoms. The molecular weight excluding hydrogens is 436 g/mol. The zero-order valence-corrected chi connectivity index (χ0v) is 18.9. The van der Waals surface area contributed by atoms with Crippen molar-refractivity contribution in [2.45, 2.75) is 48.5 Å². The Morgan fingerprint density at radius 1 is 0.970 bits per heavy atom. The quantitative estimate of drug-likeness (QED) is 0.448. The van der Waals surface area contributed by atoms with E-state index in [9.17, 15) is 13.5 Å². The molecule has 2 aromatic carbocycles. The summed E-state index contributed by atoms with van der Waals surface area (Å²) in [7, 11) is -3.52. The first-order valence-electron chi connectivity index (χ1n) is 11.1. The standard InChI is InChI=1S/C25H26N4O3S/c30-20-11-9-19(10-12-20)27-25-26-15-13-24(28-25)29-16-14-21-22(29)7-4-8-23(21)33(31,32)17-18-5-2-1-3-6-18/h1-8,13-16,19-20,30H,9-12,17H2,(H,26,27,28). The van der Waals surface area contributed by atoms with Crippen molar-refractivity contribution in [2.75, 3.05) is 5.32 Å². The summed E-state index contributed by atoms with van der Waals surface area (Å²) >= 11 is 0. The van der Waals surface area contributed by atoms with Gasteiger partial charge in [-0.1, -0.05) is 36.4 Å². The molecule has 8 heteroatoms. The Balaban J connectivity index is 1.45. The highest BCUT2D eigenvalue weighted by atomic mass is 32.2. The second-order valence-electron chi connectivity index (χ2n) is 8.51. The molecule has 0 atom stereocenters. The van der Waals surface area contributed by atoms with Gasteiger partial charge in [0.05, 0.1) is 22.3 Å². The molecule has 1 fully saturated rings. The van der Waals surface area contributed by atoms with E-state index in [0.29, 0.717) is 22.0 Å². The molecule has 0 aliphatic heterocycles. The van der Waals surface area contributed by atoms with Crippen LogP contribution in [0, 0.1) is 0 Å². The van der Waals surface area contributed by atoms with Crippen molar-refractivity contribution in [3.05, 3.63) is 78.6 Å². The van der Waals surface area contributed by atoms with Crippen LogP contribution in [0.2, 0.25) is 0 Å². The van der Waals surface area contributed by atoms with Crippen molar-refractivity contribution in [3.63, 3.8) is 0 Å². The van der Waals surface area contributed by atoms with Crippen LogP contribution >= 0.6 is 0 Å². The lowest BCUT2D eigenvalue weighted by Crippen LogP contribution is -2.29. The number of sulfone groups is 1. The van der Waals surface area contributed by atoms with E-state index in [0.717, 1.165) is 36.8 Å². The van der Waals surface area contributed by atoms with E-state index in [-0.39, 0.29) is 17.9 Å². The van der Waals surface area contributed by atoms with E-state index in [1.165, 1.54) is 0 Å². The fourth-order valence-electron chi connectivity index (χ4n) is 4.44. The maximum absolute atomic E-state index is 13.2. The Labute approximate surface area is 193 Å². The molecular formula is C25H26N4O3S. The predicted octanol–water partition coefficient (Wildman–Crippen LogP) is 4.11. The number of nitrogens with one attached hydrogen (secondary N) is 1. The van der Waals surface area contributed by atoms with Crippen LogP contribution in [0.15, 0.2) is 78.0 Å². The number of aliphatic hydroxyl groups is 1. The first-order chi connectivity index (χ1) is 16.0. The van der Waals surface area contributed by atoms with Gasteiger partial charge in [0.1, 0.15) is 5.82 Å². The van der Waals surface area contributed by atoms with Gasteiger partial charge in [-0.15, -0.1) is 0 Å². The Morgan fingerprint density at radius 2 is 1.76 bits per heavy atom. The monoisotopic (exact) mass is 462 g/mol. The molecule has 0 unspecified atom stereocenters. The summed E-state index contributed by atoms with van der Waals surface area (Å²) in [5.74, 6) is 1.15. The van der Waals surface area contributed by atoms with Crippen LogP contribution in [0.5, 0.6) is 0 Å². The third-order valence-corrected chi connectivity index (χ3v) is 7.88. The summed E-state index contributed by atoms with van der Waals surface area (Å²) in [6.45, 7) is 0. The Bertz CT molecular complexity index is 1360. The van der Waals surface area contributed by atoms with Crippen LogP contribution < -0.4 is 5.32 Å². The topological polar surface area (TPSA) is 97.1 Å². The second-order valence-corrected chi connectivity index (χ2v) is 10.5. The minimum Gasteiger partial charge on any atom is -0.393 e. The minimum absolute atomic E-state index is 0.0458. The van der Waals surface area contributed by atoms with Gasteiger partial charge in [-0.3, -0.25) is 0 Å². The number of benzene rings is 2. The highest BCUT2D eigenvalue weighted by Crippen LogP contribution is 2.29. The molecule has 2 aromatic heterocycles. The number of anilines is 1. The number of aliphatic hydroxyl groups excluding tert-OH is 1. The summed E-state index contributed by atoms with van der Waals surface area (Å²) in [4.78, 5) is 9.33. The van der Waals surface area contributed by atoms with Gasteiger partial charge in [-0.25, -0.2) is 13.4 Å². The maximum atomic E-state index is 13.2. The number of nitrogens with zero attached hydrogens (tertiary/aromatic N) is 3.